The number of hydrogen-bond acceptors (Lipinski definition) is 2. The maximum absolute atomic E-state index is 13.5. The van der Waals surface area contributed by atoms with Crippen molar-refractivity contribution in [3.8, 4) is 0 Å². The van der Waals surface area contributed by atoms with Gasteiger partial charge in [-0.2, -0.15) is 0 Å². The quantitative estimate of drug-likeness (QED) is 0.449. The molecule has 0 radical (unpaired) electrons. The lowest BCUT2D eigenvalue weighted by atomic mass is 9.87. The number of amides is 1. The number of nitrogens with zero attached hydrogens (tertiary/aromatic N) is 2. The predicted molar refractivity (Wildman–Crippen MR) is 124 cm³/mol. The molecular formula is C27H26FN3O. The minimum absolute atomic E-state index is 0.0490. The number of hydrogen-bond donors (Lipinski definition) is 1. The number of imidazole rings is 1. The van der Waals surface area contributed by atoms with E-state index in [4.69, 9.17) is 0 Å². The molecule has 1 N–H and O–H groups in total. The van der Waals surface area contributed by atoms with Crippen LogP contribution in [0.5, 0.6) is 0 Å². The maximum Gasteiger partial charge on any atom is 0.223 e. The maximum atomic E-state index is 13.5. The van der Waals surface area contributed by atoms with E-state index in [1.807, 2.05) is 41.3 Å². The summed E-state index contributed by atoms with van der Waals surface area (Å²) in [5.74, 6) is 1.12. The molecule has 32 heavy (non-hydrogen) atoms. The van der Waals surface area contributed by atoms with Crippen LogP contribution in [-0.2, 0) is 4.79 Å². The molecule has 5 heteroatoms. The minimum Gasteiger partial charge on any atom is -0.343 e. The molecule has 0 aliphatic carbocycles. The molecule has 0 unspecified atom stereocenters. The molecule has 1 aromatic heterocycles. The first kappa shape index (κ1) is 20.4. The summed E-state index contributed by atoms with van der Waals surface area (Å²) in [5.41, 5.74) is 3.84. The Morgan fingerprint density at radius 3 is 2.22 bits per heavy atom. The first-order valence-electron chi connectivity index (χ1n) is 11.2. The Labute approximate surface area is 187 Å². The molecule has 0 spiro atoms. The molecule has 1 fully saturated rings. The summed E-state index contributed by atoms with van der Waals surface area (Å²) < 4.78 is 13.5. The van der Waals surface area contributed by atoms with Gasteiger partial charge in [0.15, 0.2) is 0 Å². The lowest BCUT2D eigenvalue weighted by Crippen LogP contribution is -2.38. The zero-order chi connectivity index (χ0) is 21.9. The molecule has 1 amide bonds. The van der Waals surface area contributed by atoms with E-state index in [1.165, 1.54) is 12.1 Å². The Bertz CT molecular complexity index is 1160. The number of halogens is 1. The molecular weight excluding hydrogens is 401 g/mol. The van der Waals surface area contributed by atoms with Gasteiger partial charge in [-0.05, 0) is 42.2 Å². The van der Waals surface area contributed by atoms with E-state index in [1.54, 1.807) is 6.07 Å². The van der Waals surface area contributed by atoms with Crippen molar-refractivity contribution in [2.75, 3.05) is 13.1 Å². The zero-order valence-corrected chi connectivity index (χ0v) is 17.9. The molecule has 5 rings (SSSR count). The van der Waals surface area contributed by atoms with E-state index >= 15 is 0 Å². The van der Waals surface area contributed by atoms with Gasteiger partial charge in [-0.1, -0.05) is 60.7 Å². The minimum atomic E-state index is -0.264. The van der Waals surface area contributed by atoms with Crippen LogP contribution in [0.2, 0.25) is 0 Å². The average Bonchev–Trinajstić information content (AvgIpc) is 3.27. The van der Waals surface area contributed by atoms with Crippen molar-refractivity contribution < 1.29 is 9.18 Å². The van der Waals surface area contributed by atoms with Gasteiger partial charge in [-0.3, -0.25) is 4.79 Å². The topological polar surface area (TPSA) is 49.0 Å². The second-order valence-electron chi connectivity index (χ2n) is 8.52. The van der Waals surface area contributed by atoms with Crippen LogP contribution in [0.1, 0.15) is 48.0 Å². The Morgan fingerprint density at radius 2 is 1.59 bits per heavy atom. The number of rotatable bonds is 5. The lowest BCUT2D eigenvalue weighted by Gasteiger charge is -2.32. The number of aromatic amines is 1. The first-order valence-corrected chi connectivity index (χ1v) is 11.2. The number of fused-ring (bicyclic) bond motifs is 1. The third-order valence-corrected chi connectivity index (χ3v) is 6.48. The van der Waals surface area contributed by atoms with Crippen LogP contribution < -0.4 is 0 Å². The van der Waals surface area contributed by atoms with Crippen LogP contribution in [0, 0.1) is 5.82 Å². The molecule has 2 heterocycles. The van der Waals surface area contributed by atoms with Crippen molar-refractivity contribution in [3.63, 3.8) is 0 Å². The normalized spacial score (nSPS) is 14.9. The van der Waals surface area contributed by atoms with Gasteiger partial charge in [0.25, 0.3) is 0 Å². The highest BCUT2D eigenvalue weighted by molar-refractivity contribution is 5.78. The molecule has 3 aromatic carbocycles. The third-order valence-electron chi connectivity index (χ3n) is 6.48. The van der Waals surface area contributed by atoms with Gasteiger partial charge in [0.1, 0.15) is 11.6 Å². The van der Waals surface area contributed by atoms with E-state index < -0.39 is 0 Å². The fraction of sp³-hybridized carbons (Fsp3) is 0.259. The molecule has 4 nitrogen and oxygen atoms in total. The number of carbonyl (C=O) groups excluding carboxylic acids is 1. The number of piperidine rings is 1. The monoisotopic (exact) mass is 427 g/mol. The van der Waals surface area contributed by atoms with E-state index in [0.29, 0.717) is 19.5 Å². The first-order chi connectivity index (χ1) is 15.7. The number of aromatic nitrogens is 2. The highest BCUT2D eigenvalue weighted by atomic mass is 19.1. The SMILES string of the molecule is O=C(CC(c1ccccc1)c1ccccc1)N1CCC(c2nc3ccc(F)cc3[nH]2)CC1. The standard InChI is InChI=1S/C27H26FN3O/c28-22-11-12-24-25(17-22)30-27(29-24)21-13-15-31(16-14-21)26(32)18-23(19-7-3-1-4-8-19)20-9-5-2-6-10-20/h1-12,17,21,23H,13-16,18H2,(H,29,30). The zero-order valence-electron chi connectivity index (χ0n) is 17.9. The van der Waals surface area contributed by atoms with Crippen molar-refractivity contribution in [3.05, 3.63) is 102 Å². The van der Waals surface area contributed by atoms with Gasteiger partial charge in [0.2, 0.25) is 5.91 Å². The van der Waals surface area contributed by atoms with Gasteiger partial charge in [0.05, 0.1) is 11.0 Å². The summed E-state index contributed by atoms with van der Waals surface area (Å²) in [5, 5.41) is 0. The number of carbonyl (C=O) groups is 1. The summed E-state index contributed by atoms with van der Waals surface area (Å²) in [6, 6.07) is 25.1. The molecule has 0 saturated carbocycles. The highest BCUT2D eigenvalue weighted by Gasteiger charge is 2.28. The van der Waals surface area contributed by atoms with Gasteiger partial charge in [-0.15, -0.1) is 0 Å². The Kier molecular flexibility index (Phi) is 5.71. The lowest BCUT2D eigenvalue weighted by molar-refractivity contribution is -0.132. The van der Waals surface area contributed by atoms with Crippen molar-refractivity contribution >= 4 is 16.9 Å². The fourth-order valence-corrected chi connectivity index (χ4v) is 4.70. The Hall–Kier alpha value is -3.47. The van der Waals surface area contributed by atoms with Gasteiger partial charge >= 0.3 is 0 Å². The second-order valence-corrected chi connectivity index (χ2v) is 8.52. The number of nitrogens with one attached hydrogen (secondary N) is 1. The molecule has 1 aliphatic rings. The third kappa shape index (κ3) is 4.28. The van der Waals surface area contributed by atoms with E-state index in [2.05, 4.69) is 34.2 Å². The Balaban J connectivity index is 1.27. The van der Waals surface area contributed by atoms with Crippen LogP contribution in [0.15, 0.2) is 78.9 Å². The van der Waals surface area contributed by atoms with Crippen molar-refractivity contribution in [1.29, 1.82) is 0 Å². The molecule has 1 saturated heterocycles. The summed E-state index contributed by atoms with van der Waals surface area (Å²) in [4.78, 5) is 23.1. The summed E-state index contributed by atoms with van der Waals surface area (Å²) >= 11 is 0. The number of benzene rings is 3. The number of likely N-dealkylation sites (tertiary alicyclic amines) is 1. The summed E-state index contributed by atoms with van der Waals surface area (Å²) in [7, 11) is 0. The number of H-pyrrole nitrogens is 1. The van der Waals surface area contributed by atoms with Crippen molar-refractivity contribution in [2.45, 2.75) is 31.1 Å². The van der Waals surface area contributed by atoms with Crippen LogP contribution >= 0.6 is 0 Å². The molecule has 4 aromatic rings. The summed E-state index contributed by atoms with van der Waals surface area (Å²) in [6.45, 7) is 1.43. The highest BCUT2D eigenvalue weighted by Crippen LogP contribution is 2.31. The van der Waals surface area contributed by atoms with Gasteiger partial charge < -0.3 is 9.88 Å². The van der Waals surface area contributed by atoms with E-state index in [0.717, 1.165) is 40.8 Å². The van der Waals surface area contributed by atoms with Crippen molar-refractivity contribution in [1.82, 2.24) is 14.9 Å². The summed E-state index contributed by atoms with van der Waals surface area (Å²) in [6.07, 6.45) is 2.17. The predicted octanol–water partition coefficient (Wildman–Crippen LogP) is 5.63. The van der Waals surface area contributed by atoms with Gasteiger partial charge in [0, 0.05) is 31.3 Å². The molecule has 1 aliphatic heterocycles. The molecule has 0 atom stereocenters. The average molecular weight is 428 g/mol. The van der Waals surface area contributed by atoms with E-state index in [9.17, 15) is 9.18 Å². The fourth-order valence-electron chi connectivity index (χ4n) is 4.70. The van der Waals surface area contributed by atoms with Crippen LogP contribution in [0.4, 0.5) is 4.39 Å². The Morgan fingerprint density at radius 1 is 0.969 bits per heavy atom. The van der Waals surface area contributed by atoms with Gasteiger partial charge in [-0.25, -0.2) is 9.37 Å². The van der Waals surface area contributed by atoms with Crippen LogP contribution in [0.25, 0.3) is 11.0 Å². The van der Waals surface area contributed by atoms with Crippen LogP contribution in [-0.4, -0.2) is 33.9 Å². The molecule has 162 valence electrons. The van der Waals surface area contributed by atoms with E-state index in [-0.39, 0.29) is 23.6 Å². The van der Waals surface area contributed by atoms with Crippen molar-refractivity contribution in [2.24, 2.45) is 0 Å². The molecule has 0 bridgehead atoms. The van der Waals surface area contributed by atoms with Crippen LogP contribution in [0.3, 0.4) is 0 Å². The largest absolute Gasteiger partial charge is 0.343 e. The second kappa shape index (κ2) is 8.95. The smallest absolute Gasteiger partial charge is 0.223 e.